The fourth-order valence-corrected chi connectivity index (χ4v) is 1.53. The van der Waals surface area contributed by atoms with Crippen molar-refractivity contribution in [1.82, 2.24) is 9.78 Å². The summed E-state index contributed by atoms with van der Waals surface area (Å²) in [7, 11) is 0. The Morgan fingerprint density at radius 1 is 1.53 bits per heavy atom. The Morgan fingerprint density at radius 2 is 2.20 bits per heavy atom. The summed E-state index contributed by atoms with van der Waals surface area (Å²) in [6.07, 6.45) is -1.12. The second kappa shape index (κ2) is 3.23. The van der Waals surface area contributed by atoms with E-state index in [-0.39, 0.29) is 5.41 Å². The molecule has 0 aromatic carbocycles. The average Bonchev–Trinajstić information content (AvgIpc) is 2.69. The van der Waals surface area contributed by atoms with Gasteiger partial charge in [0.05, 0.1) is 0 Å². The minimum absolute atomic E-state index is 0.00847. The molecule has 2 rings (SSSR count). The topological polar surface area (TPSA) is 27.1 Å². The average molecular weight is 220 g/mol. The van der Waals surface area contributed by atoms with Gasteiger partial charge >= 0.3 is 6.36 Å². The lowest BCUT2D eigenvalue weighted by molar-refractivity contribution is -0.339. The van der Waals surface area contributed by atoms with E-state index in [1.54, 1.807) is 6.07 Å². The Hall–Kier alpha value is -1.04. The zero-order valence-electron chi connectivity index (χ0n) is 8.21. The van der Waals surface area contributed by atoms with Gasteiger partial charge in [0.15, 0.2) is 0 Å². The summed E-state index contributed by atoms with van der Waals surface area (Å²) in [4.78, 5) is 0. The van der Waals surface area contributed by atoms with Crippen LogP contribution in [0.2, 0.25) is 0 Å². The summed E-state index contributed by atoms with van der Waals surface area (Å²) in [6, 6.07) is 1.74. The molecule has 1 aromatic rings. The van der Waals surface area contributed by atoms with Crippen molar-refractivity contribution in [3.05, 3.63) is 18.0 Å². The minimum Gasteiger partial charge on any atom is -0.269 e. The molecule has 0 bridgehead atoms. The highest BCUT2D eigenvalue weighted by atomic mass is 19.4. The molecule has 1 aliphatic carbocycles. The Bertz CT molecular complexity index is 354. The molecule has 1 fully saturated rings. The fourth-order valence-electron chi connectivity index (χ4n) is 1.53. The third kappa shape index (κ3) is 2.31. The summed E-state index contributed by atoms with van der Waals surface area (Å²) < 4.78 is 40.5. The van der Waals surface area contributed by atoms with E-state index in [9.17, 15) is 13.2 Å². The molecule has 15 heavy (non-hydrogen) atoms. The second-order valence-corrected chi connectivity index (χ2v) is 4.00. The van der Waals surface area contributed by atoms with Gasteiger partial charge in [0.2, 0.25) is 0 Å². The molecular weight excluding hydrogens is 209 g/mol. The second-order valence-electron chi connectivity index (χ2n) is 4.00. The van der Waals surface area contributed by atoms with Crippen LogP contribution >= 0.6 is 0 Å². The number of alkyl halides is 3. The van der Waals surface area contributed by atoms with E-state index < -0.39 is 13.1 Å². The van der Waals surface area contributed by atoms with Crippen molar-refractivity contribution in [2.75, 3.05) is 0 Å². The summed E-state index contributed by atoms with van der Waals surface area (Å²) in [5.74, 6) is 0. The van der Waals surface area contributed by atoms with Crippen LogP contribution in [0.4, 0.5) is 13.2 Å². The molecule has 1 saturated carbocycles. The molecule has 0 amide bonds. The third-order valence-corrected chi connectivity index (χ3v) is 2.69. The third-order valence-electron chi connectivity index (χ3n) is 2.69. The van der Waals surface area contributed by atoms with Crippen LogP contribution in [0.15, 0.2) is 12.3 Å². The molecule has 1 heterocycles. The predicted octanol–water partition coefficient (Wildman–Crippen LogP) is 2.43. The maximum Gasteiger partial charge on any atom is 0.524 e. The molecular formula is C9H11F3N2O. The fraction of sp³-hybridized carbons (Fsp3) is 0.667. The summed E-state index contributed by atoms with van der Waals surface area (Å²) in [5.41, 5.74) is 0.803. The van der Waals surface area contributed by atoms with Gasteiger partial charge in [-0.25, -0.2) is 4.68 Å². The van der Waals surface area contributed by atoms with E-state index in [4.69, 9.17) is 0 Å². The number of hydrogen-bond acceptors (Lipinski definition) is 2. The van der Waals surface area contributed by atoms with Crippen LogP contribution in [-0.2, 0) is 16.9 Å². The molecule has 1 aliphatic rings. The lowest BCUT2D eigenvalue weighted by atomic mass is 10.1. The van der Waals surface area contributed by atoms with E-state index in [2.05, 4.69) is 9.84 Å². The van der Waals surface area contributed by atoms with E-state index >= 15 is 0 Å². The van der Waals surface area contributed by atoms with Crippen molar-refractivity contribution in [2.45, 2.75) is 38.3 Å². The van der Waals surface area contributed by atoms with Gasteiger partial charge in [-0.15, -0.1) is 13.2 Å². The van der Waals surface area contributed by atoms with E-state index in [0.717, 1.165) is 18.5 Å². The lowest BCUT2D eigenvalue weighted by Crippen LogP contribution is -2.20. The molecule has 0 spiro atoms. The van der Waals surface area contributed by atoms with Crippen LogP contribution in [-0.4, -0.2) is 16.1 Å². The highest BCUT2D eigenvalue weighted by molar-refractivity contribution is 5.22. The van der Waals surface area contributed by atoms with Crippen LogP contribution in [0.1, 0.15) is 25.5 Å². The summed E-state index contributed by atoms with van der Waals surface area (Å²) in [6.45, 7) is 1.44. The van der Waals surface area contributed by atoms with Crippen LogP contribution < -0.4 is 0 Å². The van der Waals surface area contributed by atoms with E-state index in [1.807, 2.05) is 6.92 Å². The Kier molecular flexibility index (Phi) is 2.26. The monoisotopic (exact) mass is 220 g/mol. The molecule has 1 aromatic heterocycles. The molecule has 0 atom stereocenters. The van der Waals surface area contributed by atoms with Gasteiger partial charge in [-0.3, -0.25) is 4.74 Å². The first-order valence-corrected chi connectivity index (χ1v) is 4.64. The summed E-state index contributed by atoms with van der Waals surface area (Å²) >= 11 is 0. The van der Waals surface area contributed by atoms with Crippen LogP contribution in [0, 0.1) is 0 Å². The highest BCUT2D eigenvalue weighted by Gasteiger charge is 2.42. The predicted molar refractivity (Wildman–Crippen MR) is 46.0 cm³/mol. The van der Waals surface area contributed by atoms with Gasteiger partial charge in [-0.05, 0) is 18.9 Å². The zero-order valence-corrected chi connectivity index (χ0v) is 8.21. The standard InChI is InChI=1S/C9H11F3N2O/c1-8(3-4-8)7-2-5-13-14(7)6-15-9(10,11)12/h2,5H,3-4,6H2,1H3. The van der Waals surface area contributed by atoms with Crippen molar-refractivity contribution >= 4 is 0 Å². The number of ether oxygens (including phenoxy) is 1. The number of hydrogen-bond donors (Lipinski definition) is 0. The largest absolute Gasteiger partial charge is 0.524 e. The number of rotatable bonds is 3. The Morgan fingerprint density at radius 3 is 2.73 bits per heavy atom. The maximum absolute atomic E-state index is 11.8. The first kappa shape index (κ1) is 10.5. The molecule has 0 radical (unpaired) electrons. The van der Waals surface area contributed by atoms with Gasteiger partial charge in [0.1, 0.15) is 6.73 Å². The van der Waals surface area contributed by atoms with Gasteiger partial charge in [-0.2, -0.15) is 5.10 Å². The van der Waals surface area contributed by atoms with Gasteiger partial charge in [-0.1, -0.05) is 6.92 Å². The summed E-state index contributed by atoms with van der Waals surface area (Å²) in [5, 5.41) is 3.82. The Labute approximate surface area is 84.8 Å². The molecule has 0 aliphatic heterocycles. The first-order chi connectivity index (χ1) is 6.91. The van der Waals surface area contributed by atoms with Crippen molar-refractivity contribution in [1.29, 1.82) is 0 Å². The number of aromatic nitrogens is 2. The molecule has 84 valence electrons. The highest BCUT2D eigenvalue weighted by Crippen LogP contribution is 2.47. The van der Waals surface area contributed by atoms with Gasteiger partial charge in [0.25, 0.3) is 0 Å². The molecule has 3 nitrogen and oxygen atoms in total. The van der Waals surface area contributed by atoms with Crippen molar-refractivity contribution in [3.63, 3.8) is 0 Å². The maximum atomic E-state index is 11.8. The number of nitrogens with zero attached hydrogens (tertiary/aromatic N) is 2. The SMILES string of the molecule is CC1(c2ccnn2COC(F)(F)F)CC1. The lowest BCUT2D eigenvalue weighted by Gasteiger charge is -2.13. The minimum atomic E-state index is -4.60. The zero-order chi connectivity index (χ0) is 11.1. The quantitative estimate of drug-likeness (QED) is 0.782. The van der Waals surface area contributed by atoms with Crippen LogP contribution in [0.5, 0.6) is 0 Å². The van der Waals surface area contributed by atoms with E-state index in [1.165, 1.54) is 10.9 Å². The molecule has 0 unspecified atom stereocenters. The van der Waals surface area contributed by atoms with Crippen LogP contribution in [0.3, 0.4) is 0 Å². The number of halogens is 3. The van der Waals surface area contributed by atoms with Crippen molar-refractivity contribution in [2.24, 2.45) is 0 Å². The van der Waals surface area contributed by atoms with Crippen molar-refractivity contribution in [3.8, 4) is 0 Å². The molecule has 0 N–H and O–H groups in total. The van der Waals surface area contributed by atoms with Gasteiger partial charge < -0.3 is 0 Å². The smallest absolute Gasteiger partial charge is 0.269 e. The molecule has 6 heteroatoms. The van der Waals surface area contributed by atoms with Gasteiger partial charge in [0, 0.05) is 17.3 Å². The molecule has 0 saturated heterocycles. The first-order valence-electron chi connectivity index (χ1n) is 4.64. The van der Waals surface area contributed by atoms with Crippen molar-refractivity contribution < 1.29 is 17.9 Å². The van der Waals surface area contributed by atoms with E-state index in [0.29, 0.717) is 0 Å². The van der Waals surface area contributed by atoms with Crippen LogP contribution in [0.25, 0.3) is 0 Å². The normalized spacial score (nSPS) is 19.2. The Balaban J connectivity index is 2.06.